The number of carbonyl (C=O) groups excluding carboxylic acids is 1. The van der Waals surface area contributed by atoms with E-state index in [9.17, 15) is 4.79 Å². The topological polar surface area (TPSA) is 63.6 Å². The smallest absolute Gasteiger partial charge is 0.310 e. The van der Waals surface area contributed by atoms with E-state index in [1.54, 1.807) is 12.1 Å². The Kier molecular flexibility index (Phi) is 6.36. The van der Waals surface area contributed by atoms with E-state index in [2.05, 4.69) is 31.9 Å². The zero-order valence-corrected chi connectivity index (χ0v) is 22.6. The van der Waals surface area contributed by atoms with E-state index in [1.165, 1.54) is 5.01 Å². The number of aromatic nitrogens is 2. The van der Waals surface area contributed by atoms with Gasteiger partial charge in [-0.2, -0.15) is 10.2 Å². The van der Waals surface area contributed by atoms with Gasteiger partial charge in [-0.1, -0.05) is 76.6 Å². The van der Waals surface area contributed by atoms with Gasteiger partial charge in [0.05, 0.1) is 23.1 Å². The first-order valence-corrected chi connectivity index (χ1v) is 13.3. The minimum atomic E-state index is -0.377. The molecule has 0 fully saturated rings. The van der Waals surface area contributed by atoms with Crippen molar-refractivity contribution in [1.82, 2.24) is 14.8 Å². The van der Waals surface area contributed by atoms with Gasteiger partial charge in [0.2, 0.25) is 0 Å². The number of furan rings is 1. The summed E-state index contributed by atoms with van der Waals surface area (Å²) in [6.45, 7) is 0. The fourth-order valence-corrected chi connectivity index (χ4v) is 5.19. The van der Waals surface area contributed by atoms with Gasteiger partial charge in [0.25, 0.3) is 0 Å². The highest BCUT2D eigenvalue weighted by Crippen LogP contribution is 2.39. The zero-order chi connectivity index (χ0) is 25.4. The molecule has 0 aliphatic carbocycles. The van der Waals surface area contributed by atoms with Crippen LogP contribution >= 0.6 is 31.9 Å². The summed E-state index contributed by atoms with van der Waals surface area (Å²) in [4.78, 5) is 13.7. The number of nitrogens with zero attached hydrogens (tertiary/aromatic N) is 4. The van der Waals surface area contributed by atoms with E-state index in [-0.39, 0.29) is 17.7 Å². The molecule has 3 heterocycles. The maximum Gasteiger partial charge on any atom is 0.310 e. The number of para-hydroxylation sites is 1. The Morgan fingerprint density at radius 2 is 1.59 bits per heavy atom. The van der Waals surface area contributed by atoms with Crippen LogP contribution in [0.15, 0.2) is 122 Å². The maximum atomic E-state index is 13.7. The lowest BCUT2D eigenvalue weighted by Crippen LogP contribution is -2.27. The molecule has 182 valence electrons. The van der Waals surface area contributed by atoms with Crippen LogP contribution in [0.1, 0.15) is 34.1 Å². The van der Waals surface area contributed by atoms with E-state index >= 15 is 0 Å². The first-order valence-electron chi connectivity index (χ1n) is 11.7. The van der Waals surface area contributed by atoms with Crippen LogP contribution < -0.4 is 0 Å². The molecule has 6 rings (SSSR count). The molecular weight excluding hydrogens is 596 g/mol. The number of carbonyl (C=O) groups is 1. The van der Waals surface area contributed by atoms with Gasteiger partial charge in [-0.15, -0.1) is 0 Å². The minimum Gasteiger partial charge on any atom is -0.444 e. The van der Waals surface area contributed by atoms with Crippen molar-refractivity contribution < 1.29 is 9.21 Å². The lowest BCUT2D eigenvalue weighted by Gasteiger charge is -2.21. The molecule has 1 aliphatic rings. The summed E-state index contributed by atoms with van der Waals surface area (Å²) in [6, 6.07) is 30.9. The van der Waals surface area contributed by atoms with Crippen LogP contribution in [0.4, 0.5) is 0 Å². The molecule has 0 bridgehead atoms. The number of amides is 1. The average molecular weight is 616 g/mol. The average Bonchev–Trinajstić information content (AvgIpc) is 3.67. The summed E-state index contributed by atoms with van der Waals surface area (Å²) in [5.41, 5.74) is 5.38. The monoisotopic (exact) mass is 614 g/mol. The van der Waals surface area contributed by atoms with Crippen molar-refractivity contribution in [1.29, 1.82) is 0 Å². The molecule has 0 saturated carbocycles. The predicted octanol–water partition coefficient (Wildman–Crippen LogP) is 7.65. The Morgan fingerprint density at radius 1 is 0.865 bits per heavy atom. The molecule has 5 aromatic rings. The van der Waals surface area contributed by atoms with Crippen LogP contribution in [0.2, 0.25) is 0 Å². The predicted molar refractivity (Wildman–Crippen MR) is 150 cm³/mol. The van der Waals surface area contributed by atoms with Gasteiger partial charge in [-0.05, 0) is 57.9 Å². The highest BCUT2D eigenvalue weighted by atomic mass is 79.9. The van der Waals surface area contributed by atoms with Crippen molar-refractivity contribution in [3.05, 3.63) is 129 Å². The van der Waals surface area contributed by atoms with E-state index in [0.717, 1.165) is 38.3 Å². The summed E-state index contributed by atoms with van der Waals surface area (Å²) in [5, 5.41) is 11.3. The largest absolute Gasteiger partial charge is 0.444 e. The molecule has 1 amide bonds. The Balaban J connectivity index is 1.49. The van der Waals surface area contributed by atoms with Crippen molar-refractivity contribution in [2.75, 3.05) is 0 Å². The number of hydrazone groups is 1. The minimum absolute atomic E-state index is 0.216. The van der Waals surface area contributed by atoms with Gasteiger partial charge < -0.3 is 4.42 Å². The van der Waals surface area contributed by atoms with Crippen LogP contribution in [0, 0.1) is 0 Å². The molecule has 0 spiro atoms. The second-order valence-corrected chi connectivity index (χ2v) is 10.3. The number of benzene rings is 3. The zero-order valence-electron chi connectivity index (χ0n) is 19.5. The van der Waals surface area contributed by atoms with Gasteiger partial charge in [-0.25, -0.2) is 9.69 Å². The number of hydrogen-bond donors (Lipinski definition) is 0. The third-order valence-corrected chi connectivity index (χ3v) is 7.15. The third kappa shape index (κ3) is 4.70. The van der Waals surface area contributed by atoms with E-state index < -0.39 is 0 Å². The number of hydrogen-bond acceptors (Lipinski definition) is 4. The second-order valence-electron chi connectivity index (χ2n) is 8.61. The molecule has 3 aromatic carbocycles. The van der Waals surface area contributed by atoms with Gasteiger partial charge >= 0.3 is 5.91 Å². The fraction of sp³-hybridized carbons (Fsp3) is 0.0690. The van der Waals surface area contributed by atoms with Crippen molar-refractivity contribution >= 4 is 43.5 Å². The van der Waals surface area contributed by atoms with E-state index in [4.69, 9.17) is 14.6 Å². The molecule has 1 atom stereocenters. The van der Waals surface area contributed by atoms with Gasteiger partial charge in [0, 0.05) is 28.2 Å². The van der Waals surface area contributed by atoms with Gasteiger partial charge in [0.1, 0.15) is 0 Å². The van der Waals surface area contributed by atoms with Crippen molar-refractivity contribution in [3.63, 3.8) is 0 Å². The van der Waals surface area contributed by atoms with E-state index in [0.29, 0.717) is 11.1 Å². The molecule has 6 nitrogen and oxygen atoms in total. The summed E-state index contributed by atoms with van der Waals surface area (Å²) < 4.78 is 8.92. The standard InChI is InChI=1S/C29H20Br2N4O2/c30-21-11-7-10-20(16-21)24-17-25(35(32-24)29(36)26-14-15-27(31)37-26)23-18-34(22-12-5-2-6-13-22)33-28(23)19-8-3-1-4-9-19/h1-16,18,25H,17H2. The number of halogens is 2. The van der Waals surface area contributed by atoms with Gasteiger partial charge in [0.15, 0.2) is 10.4 Å². The summed E-state index contributed by atoms with van der Waals surface area (Å²) in [6.07, 6.45) is 2.53. The lowest BCUT2D eigenvalue weighted by atomic mass is 9.96. The first-order chi connectivity index (χ1) is 18.1. The molecule has 2 aromatic heterocycles. The second kappa shape index (κ2) is 9.95. The summed E-state index contributed by atoms with van der Waals surface area (Å²) >= 11 is 6.86. The molecule has 0 radical (unpaired) electrons. The summed E-state index contributed by atoms with van der Waals surface area (Å²) in [7, 11) is 0. The molecule has 37 heavy (non-hydrogen) atoms. The lowest BCUT2D eigenvalue weighted by molar-refractivity contribution is 0.0677. The summed E-state index contributed by atoms with van der Waals surface area (Å²) in [5.74, 6) is -0.0972. The molecule has 0 N–H and O–H groups in total. The molecule has 0 saturated heterocycles. The van der Waals surface area contributed by atoms with Crippen LogP contribution in [0.5, 0.6) is 0 Å². The Morgan fingerprint density at radius 3 is 2.30 bits per heavy atom. The van der Waals surface area contributed by atoms with Crippen LogP contribution in [0.25, 0.3) is 16.9 Å². The van der Waals surface area contributed by atoms with Crippen molar-refractivity contribution in [2.24, 2.45) is 5.10 Å². The van der Waals surface area contributed by atoms with Crippen LogP contribution in [-0.2, 0) is 0 Å². The Bertz CT molecular complexity index is 1610. The normalized spacial score (nSPS) is 15.1. The molecule has 1 aliphatic heterocycles. The Hall–Kier alpha value is -3.75. The third-order valence-electron chi connectivity index (χ3n) is 6.23. The molecule has 1 unspecified atom stereocenters. The number of rotatable bonds is 5. The fourth-order valence-electron chi connectivity index (χ4n) is 4.49. The highest BCUT2D eigenvalue weighted by Gasteiger charge is 2.37. The molecule has 8 heteroatoms. The van der Waals surface area contributed by atoms with Crippen molar-refractivity contribution in [3.8, 4) is 16.9 Å². The highest BCUT2D eigenvalue weighted by molar-refractivity contribution is 9.10. The van der Waals surface area contributed by atoms with Crippen molar-refractivity contribution in [2.45, 2.75) is 12.5 Å². The Labute approximate surface area is 230 Å². The first kappa shape index (κ1) is 23.6. The van der Waals surface area contributed by atoms with Crippen LogP contribution in [-0.4, -0.2) is 26.4 Å². The quantitative estimate of drug-likeness (QED) is 0.204. The van der Waals surface area contributed by atoms with Gasteiger partial charge in [-0.3, -0.25) is 4.79 Å². The van der Waals surface area contributed by atoms with E-state index in [1.807, 2.05) is 95.8 Å². The molecular formula is C29H20Br2N4O2. The SMILES string of the molecule is O=C(c1ccc(Br)o1)N1N=C(c2cccc(Br)c2)CC1c1cn(-c2ccccc2)nc1-c1ccccc1. The van der Waals surface area contributed by atoms with Crippen LogP contribution in [0.3, 0.4) is 0 Å². The maximum absolute atomic E-state index is 13.7.